The molecule has 3 aromatic rings. The van der Waals surface area contributed by atoms with Crippen LogP contribution in [-0.2, 0) is 22.0 Å². The predicted molar refractivity (Wildman–Crippen MR) is 159 cm³/mol. The third kappa shape index (κ3) is 5.27. The van der Waals surface area contributed by atoms with Gasteiger partial charge in [0.15, 0.2) is 0 Å². The van der Waals surface area contributed by atoms with Gasteiger partial charge < -0.3 is 4.74 Å². The van der Waals surface area contributed by atoms with Crippen LogP contribution in [-0.4, -0.2) is 34.7 Å². The number of carbonyl (C=O) groups is 2. The van der Waals surface area contributed by atoms with Crippen LogP contribution in [0.5, 0.6) is 5.75 Å². The second-order valence-corrected chi connectivity index (χ2v) is 12.8. The monoisotopic (exact) mass is 540 g/mol. The molecule has 0 spiro atoms. The molecule has 0 N–H and O–H groups in total. The number of fused-ring (bicyclic) bond motifs is 1. The van der Waals surface area contributed by atoms with Gasteiger partial charge >= 0.3 is 0 Å². The Hall–Kier alpha value is -3.38. The number of benzene rings is 2. The first-order valence-corrected chi connectivity index (χ1v) is 14.3. The maximum atomic E-state index is 13.1. The maximum Gasteiger partial charge on any atom is 0.293 e. The fraction of sp³-hybridized carbons (Fsp3) is 0.364. The summed E-state index contributed by atoms with van der Waals surface area (Å²) in [5.41, 5.74) is 8.08. The molecule has 0 bridgehead atoms. The summed E-state index contributed by atoms with van der Waals surface area (Å²) in [6, 6.07) is 16.3. The van der Waals surface area contributed by atoms with Gasteiger partial charge in [-0.2, -0.15) is 0 Å². The number of thioether (sulfide) groups is 1. The van der Waals surface area contributed by atoms with Crippen molar-refractivity contribution in [3.63, 3.8) is 0 Å². The summed E-state index contributed by atoms with van der Waals surface area (Å²) >= 11 is 0.992. The molecular formula is C33H36N2O3S. The molecule has 2 amide bonds. The largest absolute Gasteiger partial charge is 0.496 e. The standard InChI is InChI=1S/C33H36N2O3S/c1-21-17-26-27(33(4,5)14-13-32(26,2)3)20-24(21)25-18-22(10-11-28(25)38-6)19-29-30(36)35(31(37)39-29)16-12-23-9-7-8-15-34-23/h7-11,15,17-20H,12-14,16H2,1-6H3. The van der Waals surface area contributed by atoms with Crippen LogP contribution in [0.3, 0.4) is 0 Å². The molecule has 202 valence electrons. The van der Waals surface area contributed by atoms with Crippen LogP contribution in [0.15, 0.2) is 59.6 Å². The number of carbonyl (C=O) groups excluding carboxylic acids is 2. The lowest BCUT2D eigenvalue weighted by molar-refractivity contribution is -0.122. The normalized spacial score (nSPS) is 18.9. The van der Waals surface area contributed by atoms with Crippen LogP contribution in [0.25, 0.3) is 17.2 Å². The first-order valence-electron chi connectivity index (χ1n) is 13.5. The highest BCUT2D eigenvalue weighted by Gasteiger charge is 2.38. The minimum atomic E-state index is -0.257. The van der Waals surface area contributed by atoms with E-state index in [1.54, 1.807) is 13.3 Å². The fourth-order valence-electron chi connectivity index (χ4n) is 5.65. The lowest BCUT2D eigenvalue weighted by Crippen LogP contribution is -2.34. The summed E-state index contributed by atoms with van der Waals surface area (Å²) in [4.78, 5) is 31.9. The van der Waals surface area contributed by atoms with E-state index in [9.17, 15) is 9.59 Å². The van der Waals surface area contributed by atoms with E-state index in [1.807, 2.05) is 36.4 Å². The van der Waals surface area contributed by atoms with Crippen molar-refractivity contribution in [2.45, 2.75) is 64.7 Å². The van der Waals surface area contributed by atoms with Gasteiger partial charge in [-0.15, -0.1) is 0 Å². The number of rotatable bonds is 6. The lowest BCUT2D eigenvalue weighted by atomic mass is 9.62. The van der Waals surface area contributed by atoms with Crippen LogP contribution in [0, 0.1) is 6.92 Å². The van der Waals surface area contributed by atoms with Crippen LogP contribution in [0.4, 0.5) is 4.79 Å². The quantitative estimate of drug-likeness (QED) is 0.300. The van der Waals surface area contributed by atoms with Gasteiger partial charge in [0.2, 0.25) is 0 Å². The van der Waals surface area contributed by atoms with E-state index in [0.29, 0.717) is 17.9 Å². The zero-order valence-electron chi connectivity index (χ0n) is 23.6. The van der Waals surface area contributed by atoms with Gasteiger partial charge in [0.05, 0.1) is 12.0 Å². The van der Waals surface area contributed by atoms with Crippen molar-refractivity contribution in [2.24, 2.45) is 0 Å². The van der Waals surface area contributed by atoms with Gasteiger partial charge in [-0.3, -0.25) is 19.5 Å². The highest BCUT2D eigenvalue weighted by Crippen LogP contribution is 2.48. The summed E-state index contributed by atoms with van der Waals surface area (Å²) in [7, 11) is 1.69. The summed E-state index contributed by atoms with van der Waals surface area (Å²) < 4.78 is 5.78. The second-order valence-electron chi connectivity index (χ2n) is 11.8. The molecular weight excluding hydrogens is 504 g/mol. The predicted octanol–water partition coefficient (Wildman–Crippen LogP) is 7.69. The van der Waals surface area contributed by atoms with Crippen molar-refractivity contribution in [2.75, 3.05) is 13.7 Å². The number of methoxy groups -OCH3 is 1. The first-order chi connectivity index (χ1) is 18.5. The van der Waals surface area contributed by atoms with Crippen LogP contribution >= 0.6 is 11.8 Å². The zero-order valence-corrected chi connectivity index (χ0v) is 24.4. The van der Waals surface area contributed by atoms with Crippen LogP contribution in [0.1, 0.15) is 68.5 Å². The van der Waals surface area contributed by atoms with Gasteiger partial charge in [-0.1, -0.05) is 45.9 Å². The first kappa shape index (κ1) is 27.2. The molecule has 1 fully saturated rings. The molecule has 2 aliphatic rings. The van der Waals surface area contributed by atoms with Gasteiger partial charge in [0.25, 0.3) is 11.1 Å². The van der Waals surface area contributed by atoms with E-state index < -0.39 is 0 Å². The molecule has 0 unspecified atom stereocenters. The van der Waals surface area contributed by atoms with E-state index in [2.05, 4.69) is 57.8 Å². The Bertz CT molecular complexity index is 1470. The number of ether oxygens (including phenoxy) is 1. The van der Waals surface area contributed by atoms with Gasteiger partial charge in [-0.05, 0) is 107 Å². The fourth-order valence-corrected chi connectivity index (χ4v) is 6.52. The van der Waals surface area contributed by atoms with Gasteiger partial charge in [0, 0.05) is 30.4 Å². The summed E-state index contributed by atoms with van der Waals surface area (Å²) in [6.07, 6.45) is 6.37. The number of pyridine rings is 1. The number of hydrogen-bond acceptors (Lipinski definition) is 5. The molecule has 2 heterocycles. The van der Waals surface area contributed by atoms with Gasteiger partial charge in [-0.25, -0.2) is 0 Å². The summed E-state index contributed by atoms with van der Waals surface area (Å²) in [6.45, 7) is 11.8. The smallest absolute Gasteiger partial charge is 0.293 e. The van der Waals surface area contributed by atoms with Crippen LogP contribution < -0.4 is 4.74 Å². The molecule has 0 saturated carbocycles. The van der Waals surface area contributed by atoms with Crippen molar-refractivity contribution < 1.29 is 14.3 Å². The molecule has 5 nitrogen and oxygen atoms in total. The Kier molecular flexibility index (Phi) is 7.19. The minimum Gasteiger partial charge on any atom is -0.496 e. The Morgan fingerprint density at radius 3 is 2.36 bits per heavy atom. The Morgan fingerprint density at radius 2 is 1.69 bits per heavy atom. The highest BCUT2D eigenvalue weighted by atomic mass is 32.2. The van der Waals surface area contributed by atoms with Crippen LogP contribution in [0.2, 0.25) is 0 Å². The maximum absolute atomic E-state index is 13.1. The number of imide groups is 1. The Labute approximate surface area is 235 Å². The molecule has 1 aliphatic carbocycles. The highest BCUT2D eigenvalue weighted by molar-refractivity contribution is 8.18. The number of hydrogen-bond donors (Lipinski definition) is 0. The minimum absolute atomic E-state index is 0.0894. The second kappa shape index (κ2) is 10.3. The molecule has 39 heavy (non-hydrogen) atoms. The molecule has 0 radical (unpaired) electrons. The molecule has 0 atom stereocenters. The third-order valence-electron chi connectivity index (χ3n) is 8.20. The van der Waals surface area contributed by atoms with E-state index >= 15 is 0 Å². The van der Waals surface area contributed by atoms with E-state index in [1.165, 1.54) is 28.0 Å². The summed E-state index contributed by atoms with van der Waals surface area (Å²) in [5.74, 6) is 0.527. The van der Waals surface area contributed by atoms with E-state index in [-0.39, 0.29) is 22.0 Å². The number of nitrogens with zero attached hydrogens (tertiary/aromatic N) is 2. The third-order valence-corrected chi connectivity index (χ3v) is 9.11. The van der Waals surface area contributed by atoms with Crippen molar-refractivity contribution in [3.8, 4) is 16.9 Å². The van der Waals surface area contributed by atoms with Crippen molar-refractivity contribution >= 4 is 29.0 Å². The molecule has 6 heteroatoms. The van der Waals surface area contributed by atoms with Crippen molar-refractivity contribution in [1.82, 2.24) is 9.88 Å². The number of aromatic nitrogens is 1. The zero-order chi connectivity index (χ0) is 27.9. The molecule has 2 aromatic carbocycles. The van der Waals surface area contributed by atoms with Crippen molar-refractivity contribution in [3.05, 3.63) is 87.6 Å². The molecule has 1 saturated heterocycles. The summed E-state index contributed by atoms with van der Waals surface area (Å²) in [5, 5.41) is -0.244. The Balaban J connectivity index is 1.48. The van der Waals surface area contributed by atoms with E-state index in [0.717, 1.165) is 46.3 Å². The topological polar surface area (TPSA) is 59.5 Å². The SMILES string of the molecule is COc1ccc(C=C2SC(=O)N(CCc3ccccn3)C2=O)cc1-c1cc2c(cc1C)C(C)(C)CCC2(C)C. The average Bonchev–Trinajstić information content (AvgIpc) is 3.17. The number of aryl methyl sites for hydroxylation is 1. The lowest BCUT2D eigenvalue weighted by Gasteiger charge is -2.42. The van der Waals surface area contributed by atoms with Gasteiger partial charge in [0.1, 0.15) is 5.75 Å². The Morgan fingerprint density at radius 1 is 0.974 bits per heavy atom. The van der Waals surface area contributed by atoms with Crippen molar-refractivity contribution in [1.29, 1.82) is 0 Å². The molecule has 1 aliphatic heterocycles. The average molecular weight is 541 g/mol. The molecule has 1 aromatic heterocycles. The number of amides is 2. The van der Waals surface area contributed by atoms with E-state index in [4.69, 9.17) is 4.74 Å². The molecule has 5 rings (SSSR count).